The summed E-state index contributed by atoms with van der Waals surface area (Å²) >= 11 is 14.3. The predicted molar refractivity (Wildman–Crippen MR) is 81.1 cm³/mol. The molecule has 0 aliphatic heterocycles. The smallest absolute Gasteiger partial charge is 0.149 e. The van der Waals surface area contributed by atoms with Crippen LogP contribution in [0.25, 0.3) is 0 Å². The first-order chi connectivity index (χ1) is 8.06. The van der Waals surface area contributed by atoms with Gasteiger partial charge in [0.2, 0.25) is 0 Å². The molecule has 0 atom stereocenters. The predicted octanol–water partition coefficient (Wildman–Crippen LogP) is 4.32. The van der Waals surface area contributed by atoms with Crippen molar-refractivity contribution in [2.24, 2.45) is 0 Å². The lowest BCUT2D eigenvalue weighted by Gasteiger charge is -2.09. The van der Waals surface area contributed by atoms with E-state index in [1.807, 2.05) is 18.2 Å². The summed E-state index contributed by atoms with van der Waals surface area (Å²) in [5, 5.41) is 4.14. The average molecular weight is 380 g/mol. The van der Waals surface area contributed by atoms with Gasteiger partial charge in [-0.2, -0.15) is 0 Å². The Kier molecular flexibility index (Phi) is 3.96. The molecule has 0 aliphatic carbocycles. The van der Waals surface area contributed by atoms with E-state index >= 15 is 0 Å². The maximum atomic E-state index is 6.10. The molecule has 3 N–H and O–H groups in total. The van der Waals surface area contributed by atoms with Crippen molar-refractivity contribution in [2.45, 2.75) is 0 Å². The normalized spacial score (nSPS) is 10.3. The zero-order valence-electron chi connectivity index (χ0n) is 8.55. The van der Waals surface area contributed by atoms with Gasteiger partial charge in [-0.15, -0.1) is 0 Å². The van der Waals surface area contributed by atoms with E-state index in [4.69, 9.17) is 28.9 Å². The zero-order chi connectivity index (χ0) is 12.4. The number of benzene rings is 1. The van der Waals surface area contributed by atoms with E-state index in [1.165, 1.54) is 6.20 Å². The van der Waals surface area contributed by atoms with Gasteiger partial charge in [0.25, 0.3) is 0 Å². The number of nitrogens with zero attached hydrogens (tertiary/aromatic N) is 1. The van der Waals surface area contributed by atoms with Crippen molar-refractivity contribution in [1.29, 1.82) is 0 Å². The highest BCUT2D eigenvalue weighted by Crippen LogP contribution is 2.29. The second-order valence-electron chi connectivity index (χ2n) is 3.35. The van der Waals surface area contributed by atoms with Gasteiger partial charge in [0.1, 0.15) is 5.82 Å². The molecule has 0 saturated heterocycles. The van der Waals surface area contributed by atoms with Crippen LogP contribution in [0.1, 0.15) is 0 Å². The maximum absolute atomic E-state index is 6.10. The lowest BCUT2D eigenvalue weighted by Crippen LogP contribution is -1.97. The quantitative estimate of drug-likeness (QED) is 0.764. The number of halogens is 3. The van der Waals surface area contributed by atoms with Gasteiger partial charge in [0.15, 0.2) is 0 Å². The van der Waals surface area contributed by atoms with Crippen molar-refractivity contribution in [3.63, 3.8) is 0 Å². The van der Waals surface area contributed by atoms with Crippen molar-refractivity contribution in [1.82, 2.24) is 4.98 Å². The van der Waals surface area contributed by atoms with E-state index in [-0.39, 0.29) is 0 Å². The molecule has 0 amide bonds. The zero-order valence-corrected chi connectivity index (χ0v) is 12.2. The number of nitrogens with one attached hydrogen (secondary N) is 1. The van der Waals surface area contributed by atoms with Crippen LogP contribution in [0.5, 0.6) is 0 Å². The Morgan fingerprint density at radius 3 is 2.59 bits per heavy atom. The number of aromatic nitrogens is 1. The molecule has 0 spiro atoms. The molecule has 0 fully saturated rings. The van der Waals surface area contributed by atoms with E-state index in [0.29, 0.717) is 21.6 Å². The molecule has 2 rings (SSSR count). The van der Waals surface area contributed by atoms with Crippen molar-refractivity contribution in [3.8, 4) is 0 Å². The molecular weight excluding hydrogens is 372 g/mol. The van der Waals surface area contributed by atoms with E-state index < -0.39 is 0 Å². The number of pyridine rings is 1. The summed E-state index contributed by atoms with van der Waals surface area (Å²) in [5.74, 6) is 0.531. The van der Waals surface area contributed by atoms with E-state index in [2.05, 4.69) is 32.9 Å². The van der Waals surface area contributed by atoms with E-state index in [1.54, 1.807) is 6.07 Å². The largest absolute Gasteiger partial charge is 0.397 e. The summed E-state index contributed by atoms with van der Waals surface area (Å²) < 4.78 is 1.06. The Balaban J connectivity index is 2.31. The van der Waals surface area contributed by atoms with Crippen LogP contribution in [0.4, 0.5) is 17.2 Å². The molecule has 0 bridgehead atoms. The molecule has 2 aromatic rings. The van der Waals surface area contributed by atoms with Crippen LogP contribution in [0.3, 0.4) is 0 Å². The number of nitrogen functional groups attached to an aromatic ring is 1. The minimum atomic E-state index is 0.458. The Hall–Kier alpha value is -0.720. The van der Waals surface area contributed by atoms with Crippen molar-refractivity contribution in [2.75, 3.05) is 11.1 Å². The van der Waals surface area contributed by atoms with Gasteiger partial charge in [-0.1, -0.05) is 23.2 Å². The number of hydrogen-bond donors (Lipinski definition) is 2. The topological polar surface area (TPSA) is 50.9 Å². The van der Waals surface area contributed by atoms with E-state index in [0.717, 1.165) is 9.26 Å². The Morgan fingerprint density at radius 2 is 1.94 bits per heavy atom. The van der Waals surface area contributed by atoms with E-state index in [9.17, 15) is 0 Å². The van der Waals surface area contributed by atoms with Crippen LogP contribution in [0, 0.1) is 3.57 Å². The number of anilines is 3. The summed E-state index contributed by atoms with van der Waals surface area (Å²) in [7, 11) is 0. The van der Waals surface area contributed by atoms with Gasteiger partial charge in [-0.25, -0.2) is 4.98 Å². The first-order valence-corrected chi connectivity index (χ1v) is 6.53. The molecule has 1 aromatic heterocycles. The molecule has 17 heavy (non-hydrogen) atoms. The second-order valence-corrected chi connectivity index (χ2v) is 5.41. The molecule has 6 heteroatoms. The number of hydrogen-bond acceptors (Lipinski definition) is 3. The fourth-order valence-corrected chi connectivity index (χ4v) is 2.39. The van der Waals surface area contributed by atoms with Gasteiger partial charge in [-0.3, -0.25) is 0 Å². The molecular formula is C11H8Cl2IN3. The fraction of sp³-hybridized carbons (Fsp3) is 0. The summed E-state index contributed by atoms with van der Waals surface area (Å²) in [6.07, 6.45) is 1.54. The van der Waals surface area contributed by atoms with Crippen molar-refractivity contribution >= 4 is 63.0 Å². The number of rotatable bonds is 2. The van der Waals surface area contributed by atoms with Crippen LogP contribution in [-0.4, -0.2) is 4.98 Å². The summed E-state index contributed by atoms with van der Waals surface area (Å²) in [6.45, 7) is 0. The van der Waals surface area contributed by atoms with Crippen LogP contribution in [-0.2, 0) is 0 Å². The molecule has 0 radical (unpaired) electrons. The Labute approximate surface area is 122 Å². The molecule has 3 nitrogen and oxygen atoms in total. The third-order valence-electron chi connectivity index (χ3n) is 2.05. The Morgan fingerprint density at radius 1 is 1.18 bits per heavy atom. The summed E-state index contributed by atoms with van der Waals surface area (Å²) in [5.41, 5.74) is 6.85. The third kappa shape index (κ3) is 3.14. The number of nitrogens with two attached hydrogens (primary N) is 1. The molecule has 0 saturated carbocycles. The first kappa shape index (κ1) is 12.7. The van der Waals surface area contributed by atoms with Gasteiger partial charge >= 0.3 is 0 Å². The van der Waals surface area contributed by atoms with Gasteiger partial charge in [0, 0.05) is 3.57 Å². The minimum absolute atomic E-state index is 0.458. The fourth-order valence-electron chi connectivity index (χ4n) is 1.26. The van der Waals surface area contributed by atoms with Gasteiger partial charge < -0.3 is 11.1 Å². The van der Waals surface area contributed by atoms with Crippen LogP contribution in [0.15, 0.2) is 30.5 Å². The Bertz CT molecular complexity index is 511. The molecule has 0 aliphatic rings. The monoisotopic (exact) mass is 379 g/mol. The standard InChI is InChI=1S/C11H8Cl2IN3/c12-8-3-6(14)1-2-10(8)17-11-9(13)4-7(15)5-16-11/h1-5H,15H2,(H,16,17). The van der Waals surface area contributed by atoms with Crippen molar-refractivity contribution < 1.29 is 0 Å². The second kappa shape index (κ2) is 5.29. The lowest BCUT2D eigenvalue weighted by molar-refractivity contribution is 1.31. The van der Waals surface area contributed by atoms with Gasteiger partial charge in [-0.05, 0) is 46.9 Å². The minimum Gasteiger partial charge on any atom is -0.397 e. The maximum Gasteiger partial charge on any atom is 0.149 e. The third-order valence-corrected chi connectivity index (χ3v) is 3.32. The molecule has 1 heterocycles. The SMILES string of the molecule is Nc1cnc(Nc2ccc(I)cc2Cl)c(Cl)c1. The highest BCUT2D eigenvalue weighted by atomic mass is 127. The summed E-state index contributed by atoms with van der Waals surface area (Å²) in [6, 6.07) is 7.31. The molecule has 1 aromatic carbocycles. The highest BCUT2D eigenvalue weighted by molar-refractivity contribution is 14.1. The highest BCUT2D eigenvalue weighted by Gasteiger charge is 2.06. The summed E-state index contributed by atoms with van der Waals surface area (Å²) in [4.78, 5) is 4.11. The van der Waals surface area contributed by atoms with Crippen molar-refractivity contribution in [3.05, 3.63) is 44.1 Å². The average Bonchev–Trinajstić information content (AvgIpc) is 2.25. The van der Waals surface area contributed by atoms with Crippen LogP contribution >= 0.6 is 45.8 Å². The van der Waals surface area contributed by atoms with Gasteiger partial charge in [0.05, 0.1) is 27.6 Å². The van der Waals surface area contributed by atoms with Crippen LogP contribution in [0.2, 0.25) is 10.0 Å². The first-order valence-electron chi connectivity index (χ1n) is 4.69. The molecule has 88 valence electrons. The van der Waals surface area contributed by atoms with Crippen LogP contribution < -0.4 is 11.1 Å². The lowest BCUT2D eigenvalue weighted by atomic mass is 10.3. The molecule has 0 unspecified atom stereocenters.